The molecule has 2 nitrogen and oxygen atoms in total. The van der Waals surface area contributed by atoms with Gasteiger partial charge in [-0.2, -0.15) is 0 Å². The number of aromatic amines is 1. The molecule has 88 valence electrons. The summed E-state index contributed by atoms with van der Waals surface area (Å²) in [6, 6.07) is 4.68. The number of benzene rings is 1. The Balaban J connectivity index is 2.64. The van der Waals surface area contributed by atoms with Crippen LogP contribution >= 0.6 is 46.4 Å². The summed E-state index contributed by atoms with van der Waals surface area (Å²) < 4.78 is 0. The van der Waals surface area contributed by atoms with Gasteiger partial charge in [-0.3, -0.25) is 4.79 Å². The summed E-state index contributed by atoms with van der Waals surface area (Å²) in [6.45, 7) is 0. The lowest BCUT2D eigenvalue weighted by Gasteiger charge is -2.06. The molecule has 1 aromatic carbocycles. The predicted molar refractivity (Wildman–Crippen MR) is 72.5 cm³/mol. The Kier molecular flexibility index (Phi) is 3.69. The van der Waals surface area contributed by atoms with E-state index >= 15 is 0 Å². The molecule has 6 heteroatoms. The Labute approximate surface area is 117 Å². The number of hydrogen-bond donors (Lipinski definition) is 1. The van der Waals surface area contributed by atoms with Crippen molar-refractivity contribution in [3.8, 4) is 11.1 Å². The van der Waals surface area contributed by atoms with E-state index in [1.807, 2.05) is 0 Å². The third-order valence-corrected chi connectivity index (χ3v) is 3.49. The van der Waals surface area contributed by atoms with Crippen molar-refractivity contribution >= 4 is 46.4 Å². The molecule has 2 rings (SSSR count). The number of halogens is 4. The molecule has 0 atom stereocenters. The number of aromatic nitrogens is 1. The minimum atomic E-state index is -0.355. The Morgan fingerprint density at radius 2 is 1.47 bits per heavy atom. The summed E-state index contributed by atoms with van der Waals surface area (Å²) >= 11 is 23.5. The third kappa shape index (κ3) is 2.61. The SMILES string of the molecule is O=c1[nH]cc(-c2cc(Cl)c(Cl)cc2Cl)cc1Cl. The molecule has 0 spiro atoms. The van der Waals surface area contributed by atoms with E-state index in [4.69, 9.17) is 46.4 Å². The summed E-state index contributed by atoms with van der Waals surface area (Å²) in [5.41, 5.74) is 0.962. The Morgan fingerprint density at radius 3 is 2.12 bits per heavy atom. The van der Waals surface area contributed by atoms with Crippen LogP contribution in [-0.2, 0) is 0 Å². The highest BCUT2D eigenvalue weighted by Crippen LogP contribution is 2.35. The largest absolute Gasteiger partial charge is 0.327 e. The molecule has 0 aliphatic rings. The van der Waals surface area contributed by atoms with E-state index in [1.54, 1.807) is 12.1 Å². The average Bonchev–Trinajstić information content (AvgIpc) is 2.27. The summed E-state index contributed by atoms with van der Waals surface area (Å²) in [5.74, 6) is 0. The zero-order chi connectivity index (χ0) is 12.6. The molecule has 0 fully saturated rings. The van der Waals surface area contributed by atoms with Gasteiger partial charge in [-0.25, -0.2) is 0 Å². The zero-order valence-corrected chi connectivity index (χ0v) is 11.3. The molecule has 0 saturated heterocycles. The first-order valence-electron chi connectivity index (χ1n) is 4.52. The predicted octanol–water partition coefficient (Wildman–Crippen LogP) is 4.66. The first kappa shape index (κ1) is 12.8. The molecule has 1 heterocycles. The van der Waals surface area contributed by atoms with Crippen molar-refractivity contribution in [2.45, 2.75) is 0 Å². The fraction of sp³-hybridized carbons (Fsp3) is 0. The third-order valence-electron chi connectivity index (χ3n) is 2.18. The van der Waals surface area contributed by atoms with Crippen LogP contribution in [0.15, 0.2) is 29.2 Å². The molecule has 0 unspecified atom stereocenters. The van der Waals surface area contributed by atoms with Crippen LogP contribution in [0.4, 0.5) is 0 Å². The van der Waals surface area contributed by atoms with Crippen LogP contribution in [0.2, 0.25) is 20.1 Å². The summed E-state index contributed by atoms with van der Waals surface area (Å²) in [4.78, 5) is 13.6. The number of hydrogen-bond acceptors (Lipinski definition) is 1. The lowest BCUT2D eigenvalue weighted by atomic mass is 10.1. The molecule has 0 bridgehead atoms. The van der Waals surface area contributed by atoms with Crippen LogP contribution in [0.3, 0.4) is 0 Å². The van der Waals surface area contributed by atoms with Crippen molar-refractivity contribution in [2.75, 3.05) is 0 Å². The maximum atomic E-state index is 11.1. The van der Waals surface area contributed by atoms with E-state index in [0.29, 0.717) is 26.2 Å². The smallest absolute Gasteiger partial charge is 0.266 e. The van der Waals surface area contributed by atoms with Gasteiger partial charge in [-0.15, -0.1) is 0 Å². The molecule has 17 heavy (non-hydrogen) atoms. The van der Waals surface area contributed by atoms with Gasteiger partial charge in [0, 0.05) is 17.3 Å². The number of nitrogens with one attached hydrogen (secondary N) is 1. The quantitative estimate of drug-likeness (QED) is 0.764. The van der Waals surface area contributed by atoms with E-state index in [0.717, 1.165) is 0 Å². The minimum Gasteiger partial charge on any atom is -0.327 e. The van der Waals surface area contributed by atoms with Crippen molar-refractivity contribution in [1.29, 1.82) is 0 Å². The highest BCUT2D eigenvalue weighted by atomic mass is 35.5. The van der Waals surface area contributed by atoms with Crippen LogP contribution < -0.4 is 5.56 Å². The maximum Gasteiger partial charge on any atom is 0.266 e. The van der Waals surface area contributed by atoms with Crippen molar-refractivity contribution in [1.82, 2.24) is 4.98 Å². The maximum absolute atomic E-state index is 11.1. The molecule has 1 N–H and O–H groups in total. The first-order chi connectivity index (χ1) is 7.99. The van der Waals surface area contributed by atoms with Crippen molar-refractivity contribution in [3.05, 3.63) is 54.8 Å². The molecule has 0 aliphatic carbocycles. The number of pyridine rings is 1. The monoisotopic (exact) mass is 307 g/mol. The van der Waals surface area contributed by atoms with Gasteiger partial charge in [0.2, 0.25) is 0 Å². The second-order valence-corrected chi connectivity index (χ2v) is 4.94. The number of rotatable bonds is 1. The Morgan fingerprint density at radius 1 is 0.824 bits per heavy atom. The zero-order valence-electron chi connectivity index (χ0n) is 8.23. The van der Waals surface area contributed by atoms with Gasteiger partial charge in [0.25, 0.3) is 5.56 Å². The lowest BCUT2D eigenvalue weighted by molar-refractivity contribution is 1.24. The van der Waals surface area contributed by atoms with E-state index in [2.05, 4.69) is 4.98 Å². The van der Waals surface area contributed by atoms with Crippen LogP contribution in [0.25, 0.3) is 11.1 Å². The second-order valence-electron chi connectivity index (χ2n) is 3.31. The van der Waals surface area contributed by atoms with Gasteiger partial charge in [0.15, 0.2) is 0 Å². The fourth-order valence-electron chi connectivity index (χ4n) is 1.36. The highest BCUT2D eigenvalue weighted by molar-refractivity contribution is 6.44. The van der Waals surface area contributed by atoms with Crippen molar-refractivity contribution in [3.63, 3.8) is 0 Å². The van der Waals surface area contributed by atoms with Gasteiger partial charge in [0.1, 0.15) is 5.02 Å². The molecule has 1 aromatic heterocycles. The summed E-state index contributed by atoms with van der Waals surface area (Å²) in [7, 11) is 0. The van der Waals surface area contributed by atoms with Crippen molar-refractivity contribution in [2.24, 2.45) is 0 Å². The Bertz CT molecular complexity index is 636. The van der Waals surface area contributed by atoms with Gasteiger partial charge in [-0.1, -0.05) is 46.4 Å². The molecular formula is C11H5Cl4NO. The van der Waals surface area contributed by atoms with E-state index in [-0.39, 0.29) is 10.6 Å². The lowest BCUT2D eigenvalue weighted by Crippen LogP contribution is -2.04. The molecule has 0 saturated carbocycles. The summed E-state index contributed by atoms with van der Waals surface area (Å²) in [6.07, 6.45) is 1.51. The molecule has 0 aliphatic heterocycles. The van der Waals surface area contributed by atoms with E-state index < -0.39 is 0 Å². The standard InChI is InChI=1S/C11H5Cl4NO/c12-7-3-9(14)8(13)2-6(7)5-1-10(15)11(17)16-4-5/h1-4H,(H,16,17). The molecule has 0 amide bonds. The Hall–Kier alpha value is -0.670. The molecule has 0 radical (unpaired) electrons. The van der Waals surface area contributed by atoms with Crippen molar-refractivity contribution < 1.29 is 0 Å². The van der Waals surface area contributed by atoms with Gasteiger partial charge in [0.05, 0.1) is 15.1 Å². The molecule has 2 aromatic rings. The van der Waals surface area contributed by atoms with Crippen LogP contribution in [0.1, 0.15) is 0 Å². The van der Waals surface area contributed by atoms with E-state index in [1.165, 1.54) is 12.3 Å². The van der Waals surface area contributed by atoms with Gasteiger partial charge < -0.3 is 4.98 Å². The normalized spacial score (nSPS) is 10.6. The van der Waals surface area contributed by atoms with Crippen LogP contribution in [0.5, 0.6) is 0 Å². The van der Waals surface area contributed by atoms with Crippen LogP contribution in [-0.4, -0.2) is 4.98 Å². The van der Waals surface area contributed by atoms with E-state index in [9.17, 15) is 4.79 Å². The van der Waals surface area contributed by atoms with Gasteiger partial charge >= 0.3 is 0 Å². The van der Waals surface area contributed by atoms with Crippen LogP contribution in [0, 0.1) is 0 Å². The van der Waals surface area contributed by atoms with Gasteiger partial charge in [-0.05, 0) is 18.2 Å². The number of H-pyrrole nitrogens is 1. The fourth-order valence-corrected chi connectivity index (χ4v) is 2.18. The average molecular weight is 309 g/mol. The minimum absolute atomic E-state index is 0.0876. The first-order valence-corrected chi connectivity index (χ1v) is 6.03. The summed E-state index contributed by atoms with van der Waals surface area (Å²) in [5, 5.41) is 1.27. The highest BCUT2D eigenvalue weighted by Gasteiger charge is 2.09. The second kappa shape index (κ2) is 4.91. The molecular weight excluding hydrogens is 304 g/mol. The topological polar surface area (TPSA) is 32.9 Å².